The van der Waals surface area contributed by atoms with Gasteiger partial charge < -0.3 is 14.2 Å². The highest BCUT2D eigenvalue weighted by atomic mass is 79.9. The van der Waals surface area contributed by atoms with Crippen LogP contribution in [0.25, 0.3) is 22.3 Å². The molecule has 0 unspecified atom stereocenters. The van der Waals surface area contributed by atoms with Crippen molar-refractivity contribution in [1.82, 2.24) is 9.66 Å². The molecule has 0 fully saturated rings. The second-order valence-corrected chi connectivity index (χ2v) is 10.3. The molecule has 0 aliphatic carbocycles. The maximum atomic E-state index is 13.8. The number of aryl methyl sites for hydroxylation is 1. The maximum Gasteiger partial charge on any atom is 0.282 e. The van der Waals surface area contributed by atoms with Crippen molar-refractivity contribution in [2.75, 3.05) is 19.8 Å². The monoisotopic (exact) mass is 603 g/mol. The number of ether oxygens (including phenoxy) is 3. The number of hydrogen-bond acceptors (Lipinski definition) is 6. The molecule has 0 aliphatic heterocycles. The van der Waals surface area contributed by atoms with E-state index in [1.54, 1.807) is 18.4 Å². The Morgan fingerprint density at radius 1 is 1.02 bits per heavy atom. The predicted molar refractivity (Wildman–Crippen MR) is 165 cm³/mol. The average molecular weight is 605 g/mol. The number of aromatic nitrogens is 2. The van der Waals surface area contributed by atoms with Crippen molar-refractivity contribution in [3.63, 3.8) is 0 Å². The Morgan fingerprint density at radius 2 is 1.73 bits per heavy atom. The summed E-state index contributed by atoms with van der Waals surface area (Å²) >= 11 is 3.61. The topological polar surface area (TPSA) is 74.9 Å². The molecular weight excluding hydrogens is 570 g/mol. The van der Waals surface area contributed by atoms with Crippen molar-refractivity contribution in [2.45, 2.75) is 40.5 Å². The van der Waals surface area contributed by atoms with Crippen LogP contribution in [0, 0.1) is 6.92 Å². The summed E-state index contributed by atoms with van der Waals surface area (Å²) in [5.41, 5.74) is 3.85. The van der Waals surface area contributed by atoms with Crippen LogP contribution in [0.3, 0.4) is 0 Å². The van der Waals surface area contributed by atoms with E-state index in [-0.39, 0.29) is 11.5 Å². The molecule has 0 atom stereocenters. The van der Waals surface area contributed by atoms with Crippen LogP contribution >= 0.6 is 15.9 Å². The molecule has 1 aromatic heterocycles. The van der Waals surface area contributed by atoms with Gasteiger partial charge in [-0.25, -0.2) is 4.98 Å². The van der Waals surface area contributed by atoms with Gasteiger partial charge in [0.2, 0.25) is 0 Å². The summed E-state index contributed by atoms with van der Waals surface area (Å²) in [6.45, 7) is 15.2. The van der Waals surface area contributed by atoms with Crippen LogP contribution < -0.4 is 19.8 Å². The van der Waals surface area contributed by atoms with Gasteiger partial charge in [-0.15, -0.1) is 0 Å². The van der Waals surface area contributed by atoms with Crippen LogP contribution in [0.2, 0.25) is 0 Å². The predicted octanol–water partition coefficient (Wildman–Crippen LogP) is 7.50. The van der Waals surface area contributed by atoms with Gasteiger partial charge in [0.15, 0.2) is 17.3 Å². The first-order valence-electron chi connectivity index (χ1n) is 13.3. The molecule has 0 spiro atoms. The standard InChI is InChI=1S/C32H34BrN3O4/c1-7-14-40-30-18-26(33)22(16-29(30)39-9-3)19-34-36-31(35-27-13-11-10-12-23(27)32(36)37)25-17-24(20(4)5)28(38-8-2)15-21(25)6/h7,10-13,15-20H,1,8-9,14H2,2-6H3. The lowest BCUT2D eigenvalue weighted by atomic mass is 9.96. The van der Waals surface area contributed by atoms with Crippen molar-refractivity contribution in [2.24, 2.45) is 5.10 Å². The summed E-state index contributed by atoms with van der Waals surface area (Å²) < 4.78 is 19.6. The quantitative estimate of drug-likeness (QED) is 0.131. The largest absolute Gasteiger partial charge is 0.494 e. The smallest absolute Gasteiger partial charge is 0.282 e. The van der Waals surface area contributed by atoms with Crippen LogP contribution in [0.1, 0.15) is 50.3 Å². The molecule has 1 heterocycles. The summed E-state index contributed by atoms with van der Waals surface area (Å²) in [5, 5.41) is 5.16. The summed E-state index contributed by atoms with van der Waals surface area (Å²) in [4.78, 5) is 18.7. The fraction of sp³-hybridized carbons (Fsp3) is 0.281. The summed E-state index contributed by atoms with van der Waals surface area (Å²) in [6.07, 6.45) is 3.30. The molecule has 8 heteroatoms. The first-order valence-corrected chi connectivity index (χ1v) is 14.1. The van der Waals surface area contributed by atoms with E-state index in [0.717, 1.165) is 26.9 Å². The van der Waals surface area contributed by atoms with Crippen molar-refractivity contribution >= 4 is 33.0 Å². The Labute approximate surface area is 243 Å². The molecular formula is C32H34BrN3O4. The molecule has 40 heavy (non-hydrogen) atoms. The van der Waals surface area contributed by atoms with Gasteiger partial charge in [-0.1, -0.05) is 38.6 Å². The molecule has 0 bridgehead atoms. The highest BCUT2D eigenvalue weighted by Crippen LogP contribution is 2.35. The zero-order chi connectivity index (χ0) is 28.8. The first kappa shape index (κ1) is 29.1. The molecule has 0 amide bonds. The number of para-hydroxylation sites is 1. The minimum atomic E-state index is -0.261. The van der Waals surface area contributed by atoms with Gasteiger partial charge in [0.05, 0.1) is 30.3 Å². The third-order valence-electron chi connectivity index (χ3n) is 6.31. The lowest BCUT2D eigenvalue weighted by Crippen LogP contribution is -2.21. The molecule has 0 N–H and O–H groups in total. The van der Waals surface area contributed by atoms with Gasteiger partial charge >= 0.3 is 0 Å². The zero-order valence-electron chi connectivity index (χ0n) is 23.5. The molecule has 0 aliphatic rings. The molecule has 0 saturated heterocycles. The van der Waals surface area contributed by atoms with E-state index in [4.69, 9.17) is 19.2 Å². The number of rotatable bonds is 11. The van der Waals surface area contributed by atoms with Crippen molar-refractivity contribution in [3.8, 4) is 28.6 Å². The van der Waals surface area contributed by atoms with Crippen LogP contribution in [-0.4, -0.2) is 35.7 Å². The molecule has 4 rings (SSSR count). The third-order valence-corrected chi connectivity index (χ3v) is 6.99. The van der Waals surface area contributed by atoms with Gasteiger partial charge in [0, 0.05) is 15.6 Å². The lowest BCUT2D eigenvalue weighted by molar-refractivity contribution is 0.296. The molecule has 3 aromatic carbocycles. The highest BCUT2D eigenvalue weighted by molar-refractivity contribution is 9.10. The van der Waals surface area contributed by atoms with Crippen LogP contribution in [0.5, 0.6) is 17.2 Å². The van der Waals surface area contributed by atoms with Crippen molar-refractivity contribution in [1.29, 1.82) is 0 Å². The molecule has 7 nitrogen and oxygen atoms in total. The van der Waals surface area contributed by atoms with E-state index in [2.05, 4.69) is 47.5 Å². The van der Waals surface area contributed by atoms with Gasteiger partial charge in [0.1, 0.15) is 12.4 Å². The van der Waals surface area contributed by atoms with Gasteiger partial charge in [-0.05, 0) is 90.1 Å². The summed E-state index contributed by atoms with van der Waals surface area (Å²) in [6, 6.07) is 15.0. The fourth-order valence-corrected chi connectivity index (χ4v) is 4.80. The van der Waals surface area contributed by atoms with Crippen LogP contribution in [0.15, 0.2) is 75.6 Å². The molecule has 208 valence electrons. The summed E-state index contributed by atoms with van der Waals surface area (Å²) in [5.74, 6) is 2.65. The Balaban J connectivity index is 1.92. The number of hydrogen-bond donors (Lipinski definition) is 0. The summed E-state index contributed by atoms with van der Waals surface area (Å²) in [7, 11) is 0. The van der Waals surface area contributed by atoms with Gasteiger partial charge in [-0.2, -0.15) is 9.78 Å². The fourth-order valence-electron chi connectivity index (χ4n) is 4.38. The van der Waals surface area contributed by atoms with E-state index in [1.807, 2.05) is 57.2 Å². The number of nitrogens with zero attached hydrogens (tertiary/aromatic N) is 3. The van der Waals surface area contributed by atoms with Gasteiger partial charge in [0.25, 0.3) is 5.56 Å². The normalized spacial score (nSPS) is 11.4. The SMILES string of the molecule is C=CCOc1cc(Br)c(C=Nn2c(-c3cc(C(C)C)c(OCC)cc3C)nc3ccccc3c2=O)cc1OCC. The van der Waals surface area contributed by atoms with Crippen molar-refractivity contribution in [3.05, 3.63) is 92.7 Å². The van der Waals surface area contributed by atoms with E-state index in [1.165, 1.54) is 4.68 Å². The first-order chi connectivity index (χ1) is 19.3. The van der Waals surface area contributed by atoms with Crippen LogP contribution in [0.4, 0.5) is 0 Å². The molecule has 0 saturated carbocycles. The molecule has 0 radical (unpaired) electrons. The Kier molecular flexibility index (Phi) is 9.42. The van der Waals surface area contributed by atoms with E-state index in [0.29, 0.717) is 53.6 Å². The van der Waals surface area contributed by atoms with Gasteiger partial charge in [-0.3, -0.25) is 4.79 Å². The zero-order valence-corrected chi connectivity index (χ0v) is 25.1. The number of halogens is 1. The third kappa shape index (κ3) is 6.12. The Hall–Kier alpha value is -3.91. The minimum absolute atomic E-state index is 0.208. The average Bonchev–Trinajstić information content (AvgIpc) is 2.93. The van der Waals surface area contributed by atoms with Crippen molar-refractivity contribution < 1.29 is 14.2 Å². The van der Waals surface area contributed by atoms with E-state index < -0.39 is 0 Å². The van der Waals surface area contributed by atoms with E-state index >= 15 is 0 Å². The number of fused-ring (bicyclic) bond motifs is 1. The lowest BCUT2D eigenvalue weighted by Gasteiger charge is -2.18. The molecule has 4 aromatic rings. The minimum Gasteiger partial charge on any atom is -0.494 e. The van der Waals surface area contributed by atoms with Crippen LogP contribution in [-0.2, 0) is 0 Å². The second kappa shape index (κ2) is 13.0. The van der Waals surface area contributed by atoms with E-state index in [9.17, 15) is 4.79 Å². The highest BCUT2D eigenvalue weighted by Gasteiger charge is 2.19. The maximum absolute atomic E-state index is 13.8. The Bertz CT molecular complexity index is 1630. The number of benzene rings is 3. The Morgan fingerprint density at radius 3 is 2.42 bits per heavy atom. The second-order valence-electron chi connectivity index (χ2n) is 9.46.